The lowest BCUT2D eigenvalue weighted by Crippen LogP contribution is -2.19. The van der Waals surface area contributed by atoms with Crippen LogP contribution < -0.4 is 10.6 Å². The Labute approximate surface area is 133 Å². The Balaban J connectivity index is 1.62. The molecule has 1 aliphatic carbocycles. The minimum atomic E-state index is -0.0529. The Hall–Kier alpha value is -1.36. The molecular weight excluding hydrogens is 304 g/mol. The Morgan fingerprint density at radius 3 is 2.86 bits per heavy atom. The van der Waals surface area contributed by atoms with Crippen molar-refractivity contribution in [3.63, 3.8) is 0 Å². The van der Waals surface area contributed by atoms with E-state index >= 15 is 0 Å². The molecule has 5 heteroatoms. The summed E-state index contributed by atoms with van der Waals surface area (Å²) in [6, 6.07) is 10.2. The van der Waals surface area contributed by atoms with Gasteiger partial charge in [0, 0.05) is 30.1 Å². The van der Waals surface area contributed by atoms with E-state index in [0.29, 0.717) is 11.6 Å². The van der Waals surface area contributed by atoms with Crippen LogP contribution in [0.1, 0.15) is 38.8 Å². The quantitative estimate of drug-likeness (QED) is 0.904. The highest BCUT2D eigenvalue weighted by Crippen LogP contribution is 2.39. The van der Waals surface area contributed by atoms with Crippen molar-refractivity contribution in [2.75, 3.05) is 7.05 Å². The van der Waals surface area contributed by atoms with Gasteiger partial charge in [-0.1, -0.05) is 23.7 Å². The first kappa shape index (κ1) is 14.6. The Morgan fingerprint density at radius 1 is 1.38 bits per heavy atom. The Morgan fingerprint density at radius 2 is 2.14 bits per heavy atom. The zero-order valence-corrected chi connectivity index (χ0v) is 13.4. The first-order valence-electron chi connectivity index (χ1n) is 7.00. The maximum absolute atomic E-state index is 11.5. The van der Waals surface area contributed by atoms with Crippen LogP contribution in [-0.2, 0) is 13.0 Å². The van der Waals surface area contributed by atoms with Gasteiger partial charge in [0.15, 0.2) is 0 Å². The number of aryl methyl sites for hydroxylation is 1. The third kappa shape index (κ3) is 3.12. The van der Waals surface area contributed by atoms with Gasteiger partial charge in [-0.05, 0) is 42.2 Å². The van der Waals surface area contributed by atoms with E-state index in [-0.39, 0.29) is 5.91 Å². The maximum atomic E-state index is 11.5. The highest BCUT2D eigenvalue weighted by Gasteiger charge is 2.24. The number of hydrogen-bond donors (Lipinski definition) is 2. The second kappa shape index (κ2) is 6.18. The van der Waals surface area contributed by atoms with Crippen LogP contribution in [0.25, 0.3) is 0 Å². The highest BCUT2D eigenvalue weighted by molar-refractivity contribution is 7.16. The van der Waals surface area contributed by atoms with Crippen LogP contribution in [0, 0.1) is 0 Å². The molecule has 2 aromatic rings. The summed E-state index contributed by atoms with van der Waals surface area (Å²) in [7, 11) is 1.64. The number of fused-ring (bicyclic) bond motifs is 1. The number of hydrogen-bond acceptors (Lipinski definition) is 3. The highest BCUT2D eigenvalue weighted by atomic mass is 35.5. The average Bonchev–Trinajstić information content (AvgIpc) is 3.04. The molecule has 1 amide bonds. The van der Waals surface area contributed by atoms with Crippen LogP contribution in [-0.4, -0.2) is 13.0 Å². The fourth-order valence-electron chi connectivity index (χ4n) is 2.70. The number of halogens is 1. The van der Waals surface area contributed by atoms with Crippen LogP contribution in [0.3, 0.4) is 0 Å². The first-order valence-corrected chi connectivity index (χ1v) is 8.19. The zero-order chi connectivity index (χ0) is 14.8. The van der Waals surface area contributed by atoms with Crippen LogP contribution in [0.15, 0.2) is 30.3 Å². The molecule has 0 radical (unpaired) electrons. The first-order chi connectivity index (χ1) is 10.2. The summed E-state index contributed by atoms with van der Waals surface area (Å²) in [4.78, 5) is 12.9. The summed E-state index contributed by atoms with van der Waals surface area (Å²) in [5.41, 5.74) is 3.22. The van der Waals surface area contributed by atoms with Gasteiger partial charge in [-0.25, -0.2) is 0 Å². The van der Waals surface area contributed by atoms with Crippen molar-refractivity contribution in [3.8, 4) is 0 Å². The lowest BCUT2D eigenvalue weighted by Gasteiger charge is -2.13. The zero-order valence-electron chi connectivity index (χ0n) is 11.8. The van der Waals surface area contributed by atoms with Crippen LogP contribution in [0.4, 0.5) is 0 Å². The van der Waals surface area contributed by atoms with Gasteiger partial charge >= 0.3 is 0 Å². The molecule has 1 atom stereocenters. The van der Waals surface area contributed by atoms with Crippen molar-refractivity contribution in [3.05, 3.63) is 56.2 Å². The molecule has 0 spiro atoms. The van der Waals surface area contributed by atoms with Gasteiger partial charge in [-0.15, -0.1) is 11.3 Å². The smallest absolute Gasteiger partial charge is 0.251 e. The molecule has 0 aliphatic heterocycles. The summed E-state index contributed by atoms with van der Waals surface area (Å²) < 4.78 is 0.876. The van der Waals surface area contributed by atoms with Gasteiger partial charge in [0.1, 0.15) is 0 Å². The van der Waals surface area contributed by atoms with Crippen molar-refractivity contribution in [2.24, 2.45) is 0 Å². The molecule has 21 heavy (non-hydrogen) atoms. The molecule has 0 saturated carbocycles. The summed E-state index contributed by atoms with van der Waals surface area (Å²) in [6.07, 6.45) is 2.24. The fourth-order valence-corrected chi connectivity index (χ4v) is 4.06. The lowest BCUT2D eigenvalue weighted by molar-refractivity contribution is 0.0963. The van der Waals surface area contributed by atoms with E-state index in [9.17, 15) is 4.79 Å². The van der Waals surface area contributed by atoms with Gasteiger partial charge in [-0.3, -0.25) is 4.79 Å². The summed E-state index contributed by atoms with van der Waals surface area (Å²) in [6.45, 7) is 0.797. The van der Waals surface area contributed by atoms with Gasteiger partial charge in [0.2, 0.25) is 0 Å². The summed E-state index contributed by atoms with van der Waals surface area (Å²) in [5.74, 6) is -0.0529. The molecule has 1 aliphatic rings. The fraction of sp³-hybridized carbons (Fsp3) is 0.312. The van der Waals surface area contributed by atoms with Crippen molar-refractivity contribution in [1.82, 2.24) is 10.6 Å². The third-order valence-electron chi connectivity index (χ3n) is 3.84. The molecule has 1 unspecified atom stereocenters. The number of amides is 1. The van der Waals surface area contributed by atoms with Crippen LogP contribution >= 0.6 is 22.9 Å². The molecule has 2 N–H and O–H groups in total. The summed E-state index contributed by atoms with van der Waals surface area (Å²) >= 11 is 7.77. The Bertz CT molecular complexity index is 651. The number of rotatable bonds is 4. The number of carbonyl (C=O) groups is 1. The van der Waals surface area contributed by atoms with Gasteiger partial charge in [0.05, 0.1) is 4.34 Å². The van der Waals surface area contributed by atoms with E-state index in [1.165, 1.54) is 16.0 Å². The third-order valence-corrected chi connectivity index (χ3v) is 5.18. The second-order valence-electron chi connectivity index (χ2n) is 5.18. The average molecular weight is 321 g/mol. The largest absolute Gasteiger partial charge is 0.355 e. The molecule has 0 saturated heterocycles. The molecule has 0 bridgehead atoms. The lowest BCUT2D eigenvalue weighted by atomic mass is 10.1. The molecule has 1 aromatic heterocycles. The molecule has 3 rings (SSSR count). The van der Waals surface area contributed by atoms with E-state index in [2.05, 4.69) is 16.7 Å². The van der Waals surface area contributed by atoms with E-state index in [0.717, 1.165) is 23.7 Å². The predicted octanol–water partition coefficient (Wildman–Crippen LogP) is 3.54. The van der Waals surface area contributed by atoms with E-state index in [1.54, 1.807) is 18.4 Å². The summed E-state index contributed by atoms with van der Waals surface area (Å²) in [5, 5.41) is 6.20. The van der Waals surface area contributed by atoms with Crippen LogP contribution in [0.2, 0.25) is 4.34 Å². The van der Waals surface area contributed by atoms with E-state index in [1.807, 2.05) is 24.3 Å². The molecule has 3 nitrogen and oxygen atoms in total. The SMILES string of the molecule is CNC(=O)c1ccc(CNC2CCc3sc(Cl)cc32)cc1. The molecule has 1 heterocycles. The molecule has 110 valence electrons. The van der Waals surface area contributed by atoms with E-state index < -0.39 is 0 Å². The van der Waals surface area contributed by atoms with Gasteiger partial charge in [0.25, 0.3) is 5.91 Å². The van der Waals surface area contributed by atoms with Gasteiger partial charge in [-0.2, -0.15) is 0 Å². The normalized spacial score (nSPS) is 16.8. The minimum Gasteiger partial charge on any atom is -0.355 e. The van der Waals surface area contributed by atoms with Crippen LogP contribution in [0.5, 0.6) is 0 Å². The van der Waals surface area contributed by atoms with Crippen molar-refractivity contribution in [2.45, 2.75) is 25.4 Å². The molecular formula is C16H17ClN2OS. The van der Waals surface area contributed by atoms with E-state index in [4.69, 9.17) is 11.6 Å². The number of nitrogens with one attached hydrogen (secondary N) is 2. The topological polar surface area (TPSA) is 41.1 Å². The monoisotopic (exact) mass is 320 g/mol. The van der Waals surface area contributed by atoms with Gasteiger partial charge < -0.3 is 10.6 Å². The van der Waals surface area contributed by atoms with Crippen molar-refractivity contribution >= 4 is 28.8 Å². The predicted molar refractivity (Wildman–Crippen MR) is 87.1 cm³/mol. The number of benzene rings is 1. The standard InChI is InChI=1S/C16H17ClN2OS/c1-18-16(20)11-4-2-10(3-5-11)9-19-13-6-7-14-12(13)8-15(17)21-14/h2-5,8,13,19H,6-7,9H2,1H3,(H,18,20). The minimum absolute atomic E-state index is 0.0529. The van der Waals surface area contributed by atoms with Crippen molar-refractivity contribution < 1.29 is 4.79 Å². The molecule has 1 aromatic carbocycles. The van der Waals surface area contributed by atoms with Crippen molar-refractivity contribution in [1.29, 1.82) is 0 Å². The Kier molecular flexibility index (Phi) is 4.29. The number of carbonyl (C=O) groups excluding carboxylic acids is 1. The number of thiophene rings is 1. The maximum Gasteiger partial charge on any atom is 0.251 e. The second-order valence-corrected chi connectivity index (χ2v) is 6.95. The molecule has 0 fully saturated rings.